The molecular weight excluding hydrogens is 366 g/mol. The molecule has 1 aromatic heterocycles. The average Bonchev–Trinajstić information content (AvgIpc) is 3.31. The van der Waals surface area contributed by atoms with Crippen LogP contribution in [0.1, 0.15) is 18.7 Å². The van der Waals surface area contributed by atoms with Crippen LogP contribution in [0.15, 0.2) is 53.1 Å². The lowest BCUT2D eigenvalue weighted by Gasteiger charge is -2.17. The van der Waals surface area contributed by atoms with Crippen LogP contribution in [-0.4, -0.2) is 34.2 Å². The number of benzene rings is 2. The molecule has 3 aromatic rings. The zero-order valence-corrected chi connectivity index (χ0v) is 15.1. The van der Waals surface area contributed by atoms with Gasteiger partial charge in [-0.05, 0) is 18.1 Å². The van der Waals surface area contributed by atoms with Crippen LogP contribution in [0.4, 0.5) is 19.3 Å². The minimum atomic E-state index is -0.818. The number of rotatable bonds is 3. The molecule has 0 radical (unpaired) electrons. The molecule has 1 N–H and O–H groups in total. The number of urea groups is 1. The Labute approximate surface area is 160 Å². The summed E-state index contributed by atoms with van der Waals surface area (Å²) in [5.74, 6) is -0.576. The summed E-state index contributed by atoms with van der Waals surface area (Å²) in [6.07, 6.45) is 0. The van der Waals surface area contributed by atoms with Crippen molar-refractivity contribution in [2.75, 3.05) is 18.4 Å². The summed E-state index contributed by atoms with van der Waals surface area (Å²) in [4.78, 5) is 18.5. The summed E-state index contributed by atoms with van der Waals surface area (Å²) in [5.41, 5.74) is 0.788. The number of hydrogen-bond donors (Lipinski definition) is 1. The van der Waals surface area contributed by atoms with Crippen molar-refractivity contribution in [2.45, 2.75) is 12.8 Å². The molecule has 0 unspecified atom stereocenters. The molecule has 2 amide bonds. The topological polar surface area (TPSA) is 71.3 Å². The quantitative estimate of drug-likeness (QED) is 0.732. The van der Waals surface area contributed by atoms with Crippen molar-refractivity contribution < 1.29 is 18.1 Å². The summed E-state index contributed by atoms with van der Waals surface area (Å²) < 4.78 is 32.2. The maximum absolute atomic E-state index is 13.8. The molecule has 0 saturated carbocycles. The summed E-state index contributed by atoms with van der Waals surface area (Å²) in [7, 11) is 0. The zero-order valence-electron chi connectivity index (χ0n) is 15.1. The van der Waals surface area contributed by atoms with Crippen molar-refractivity contribution in [1.82, 2.24) is 15.0 Å². The monoisotopic (exact) mass is 384 g/mol. The molecule has 2 aromatic carbocycles. The molecule has 1 saturated heterocycles. The second-order valence-corrected chi connectivity index (χ2v) is 6.87. The molecule has 8 heteroatoms. The fourth-order valence-corrected chi connectivity index (χ4v) is 3.33. The first-order valence-electron chi connectivity index (χ1n) is 8.91. The highest BCUT2D eigenvalue weighted by atomic mass is 19.1. The minimum absolute atomic E-state index is 0.0633. The van der Waals surface area contributed by atoms with Gasteiger partial charge in [-0.1, -0.05) is 42.4 Å². The first kappa shape index (κ1) is 18.1. The van der Waals surface area contributed by atoms with E-state index in [0.717, 1.165) is 17.7 Å². The Hall–Kier alpha value is -3.29. The minimum Gasteiger partial charge on any atom is -0.339 e. The summed E-state index contributed by atoms with van der Waals surface area (Å²) in [6.45, 7) is 2.82. The normalized spacial score (nSPS) is 19.0. The van der Waals surface area contributed by atoms with Crippen molar-refractivity contribution in [3.8, 4) is 11.4 Å². The smallest absolute Gasteiger partial charge is 0.321 e. The van der Waals surface area contributed by atoms with Gasteiger partial charge in [0.25, 0.3) is 0 Å². The van der Waals surface area contributed by atoms with Gasteiger partial charge in [-0.3, -0.25) is 0 Å². The number of anilines is 1. The fraction of sp³-hybridized carbons (Fsp3) is 0.250. The average molecular weight is 384 g/mol. The molecular formula is C20H18F2N4O2. The molecule has 144 valence electrons. The van der Waals surface area contributed by atoms with Gasteiger partial charge in [0, 0.05) is 24.7 Å². The van der Waals surface area contributed by atoms with E-state index in [-0.39, 0.29) is 17.5 Å². The van der Waals surface area contributed by atoms with Crippen molar-refractivity contribution in [3.63, 3.8) is 0 Å². The Morgan fingerprint density at radius 1 is 1.18 bits per heavy atom. The highest BCUT2D eigenvalue weighted by molar-refractivity contribution is 5.89. The Kier molecular flexibility index (Phi) is 4.77. The Bertz CT molecular complexity index is 993. The lowest BCUT2D eigenvalue weighted by Crippen LogP contribution is -2.33. The lowest BCUT2D eigenvalue weighted by atomic mass is 9.98. The van der Waals surface area contributed by atoms with Crippen LogP contribution in [0, 0.1) is 17.6 Å². The van der Waals surface area contributed by atoms with Gasteiger partial charge in [0.15, 0.2) is 0 Å². The van der Waals surface area contributed by atoms with E-state index in [1.54, 1.807) is 4.90 Å². The van der Waals surface area contributed by atoms with Gasteiger partial charge in [-0.15, -0.1) is 0 Å². The van der Waals surface area contributed by atoms with Crippen LogP contribution in [0.5, 0.6) is 0 Å². The SMILES string of the molecule is C[C@H]1CN(C(=O)Nc2ccc(F)cc2F)C[C@@H]1c1nc(-c2ccccc2)no1. The summed E-state index contributed by atoms with van der Waals surface area (Å²) >= 11 is 0. The predicted molar refractivity (Wildman–Crippen MR) is 98.6 cm³/mol. The summed E-state index contributed by atoms with van der Waals surface area (Å²) in [6, 6.07) is 12.0. The molecule has 0 aliphatic carbocycles. The number of hydrogen-bond acceptors (Lipinski definition) is 4. The molecule has 1 aliphatic rings. The first-order valence-corrected chi connectivity index (χ1v) is 8.91. The number of carbonyl (C=O) groups is 1. The van der Waals surface area contributed by atoms with Crippen LogP contribution in [0.25, 0.3) is 11.4 Å². The van der Waals surface area contributed by atoms with Gasteiger partial charge in [0.2, 0.25) is 11.7 Å². The second-order valence-electron chi connectivity index (χ2n) is 6.87. The maximum atomic E-state index is 13.8. The molecule has 0 bridgehead atoms. The number of nitrogens with one attached hydrogen (secondary N) is 1. The Morgan fingerprint density at radius 3 is 2.71 bits per heavy atom. The van der Waals surface area contributed by atoms with Crippen LogP contribution >= 0.6 is 0 Å². The van der Waals surface area contributed by atoms with Crippen LogP contribution < -0.4 is 5.32 Å². The Morgan fingerprint density at radius 2 is 1.96 bits per heavy atom. The van der Waals surface area contributed by atoms with E-state index in [0.29, 0.717) is 24.8 Å². The van der Waals surface area contributed by atoms with Crippen LogP contribution in [0.3, 0.4) is 0 Å². The highest BCUT2D eigenvalue weighted by Crippen LogP contribution is 2.33. The highest BCUT2D eigenvalue weighted by Gasteiger charge is 2.37. The molecule has 2 heterocycles. The van der Waals surface area contributed by atoms with Crippen molar-refractivity contribution in [1.29, 1.82) is 0 Å². The third-order valence-corrected chi connectivity index (χ3v) is 4.86. The van der Waals surface area contributed by atoms with Gasteiger partial charge in [0.05, 0.1) is 11.6 Å². The molecule has 4 rings (SSSR count). The zero-order chi connectivity index (χ0) is 19.7. The van der Waals surface area contributed by atoms with Gasteiger partial charge in [-0.25, -0.2) is 13.6 Å². The van der Waals surface area contributed by atoms with Crippen LogP contribution in [-0.2, 0) is 0 Å². The predicted octanol–water partition coefficient (Wildman–Crippen LogP) is 4.28. The van der Waals surface area contributed by atoms with Gasteiger partial charge >= 0.3 is 6.03 Å². The maximum Gasteiger partial charge on any atom is 0.321 e. The van der Waals surface area contributed by atoms with Gasteiger partial charge in [0.1, 0.15) is 11.6 Å². The van der Waals surface area contributed by atoms with Gasteiger partial charge in [-0.2, -0.15) is 4.98 Å². The van der Waals surface area contributed by atoms with E-state index < -0.39 is 17.7 Å². The van der Waals surface area contributed by atoms with E-state index in [1.165, 1.54) is 6.07 Å². The number of carbonyl (C=O) groups excluding carboxylic acids is 1. The third kappa shape index (κ3) is 3.58. The largest absolute Gasteiger partial charge is 0.339 e. The van der Waals surface area contributed by atoms with Crippen LogP contribution in [0.2, 0.25) is 0 Å². The second kappa shape index (κ2) is 7.38. The number of likely N-dealkylation sites (tertiary alicyclic amines) is 1. The molecule has 28 heavy (non-hydrogen) atoms. The van der Waals surface area contributed by atoms with E-state index in [4.69, 9.17) is 4.52 Å². The number of nitrogens with zero attached hydrogens (tertiary/aromatic N) is 3. The number of halogens is 2. The van der Waals surface area contributed by atoms with E-state index in [2.05, 4.69) is 15.5 Å². The van der Waals surface area contributed by atoms with E-state index in [9.17, 15) is 13.6 Å². The van der Waals surface area contributed by atoms with Crippen molar-refractivity contribution >= 4 is 11.7 Å². The molecule has 0 spiro atoms. The van der Waals surface area contributed by atoms with Gasteiger partial charge < -0.3 is 14.7 Å². The lowest BCUT2D eigenvalue weighted by molar-refractivity contribution is 0.220. The third-order valence-electron chi connectivity index (χ3n) is 4.86. The van der Waals surface area contributed by atoms with E-state index in [1.807, 2.05) is 37.3 Å². The number of amides is 2. The molecule has 1 aliphatic heterocycles. The molecule has 2 atom stereocenters. The van der Waals surface area contributed by atoms with Crippen molar-refractivity contribution in [3.05, 3.63) is 66.1 Å². The first-order chi connectivity index (χ1) is 13.5. The fourth-order valence-electron chi connectivity index (χ4n) is 3.33. The molecule has 1 fully saturated rings. The van der Waals surface area contributed by atoms with Crippen molar-refractivity contribution in [2.24, 2.45) is 5.92 Å². The van der Waals surface area contributed by atoms with E-state index >= 15 is 0 Å². The molecule has 6 nitrogen and oxygen atoms in total. The Balaban J connectivity index is 1.46. The number of aromatic nitrogens is 2. The standard InChI is InChI=1S/C20H18F2N4O2/c1-12-10-26(20(27)23-17-8-7-14(21)9-16(17)22)11-15(12)19-24-18(25-28-19)13-5-3-2-4-6-13/h2-9,12,15H,10-11H2,1H3,(H,23,27)/t12-,15-/m0/s1. The summed E-state index contributed by atoms with van der Waals surface area (Å²) in [5, 5.41) is 6.51.